The van der Waals surface area contributed by atoms with Crippen molar-refractivity contribution in [3.8, 4) is 11.3 Å². The summed E-state index contributed by atoms with van der Waals surface area (Å²) in [7, 11) is 0. The topological polar surface area (TPSA) is 79.8 Å². The van der Waals surface area contributed by atoms with Crippen molar-refractivity contribution in [2.75, 3.05) is 10.6 Å². The summed E-state index contributed by atoms with van der Waals surface area (Å²) in [5.41, 5.74) is 0.651. The van der Waals surface area contributed by atoms with Crippen LogP contribution in [0.1, 0.15) is 5.56 Å². The fourth-order valence-electron chi connectivity index (χ4n) is 2.30. The Hall–Kier alpha value is -3.75. The third-order valence-corrected chi connectivity index (χ3v) is 3.62. The Bertz CT molecular complexity index is 989. The van der Waals surface area contributed by atoms with Crippen molar-refractivity contribution in [2.45, 2.75) is 6.18 Å². The fourth-order valence-corrected chi connectivity index (χ4v) is 2.30. The van der Waals surface area contributed by atoms with E-state index in [2.05, 4.69) is 32.2 Å². The molecule has 0 aromatic carbocycles. The zero-order valence-electron chi connectivity index (χ0n) is 14.4. The van der Waals surface area contributed by atoms with Crippen molar-refractivity contribution in [2.24, 2.45) is 0 Å². The molecule has 9 heteroatoms. The molecule has 0 fully saturated rings. The van der Waals surface area contributed by atoms with Gasteiger partial charge in [0, 0.05) is 18.0 Å². The highest BCUT2D eigenvalue weighted by Gasteiger charge is 2.30. The first-order chi connectivity index (χ1) is 13.4. The molecular formula is C19H14F3N5O. The van der Waals surface area contributed by atoms with Crippen LogP contribution >= 0.6 is 0 Å². The molecule has 0 atom stereocenters. The molecule has 0 saturated carbocycles. The molecule has 0 unspecified atom stereocenters. The maximum Gasteiger partial charge on any atom is 0.417 e. The van der Waals surface area contributed by atoms with Crippen molar-refractivity contribution >= 4 is 23.2 Å². The van der Waals surface area contributed by atoms with Gasteiger partial charge in [-0.3, -0.25) is 9.78 Å². The summed E-state index contributed by atoms with van der Waals surface area (Å²) in [6.45, 7) is 3.39. The second kappa shape index (κ2) is 7.87. The molecule has 6 nitrogen and oxygen atoms in total. The van der Waals surface area contributed by atoms with E-state index in [9.17, 15) is 18.0 Å². The molecule has 3 aromatic rings. The van der Waals surface area contributed by atoms with Crippen LogP contribution in [0.5, 0.6) is 0 Å². The molecule has 0 aliphatic rings. The summed E-state index contributed by atoms with van der Waals surface area (Å²) in [5, 5.41) is 5.48. The molecule has 0 bridgehead atoms. The largest absolute Gasteiger partial charge is 0.417 e. The fraction of sp³-hybridized carbons (Fsp3) is 0.0526. The minimum Gasteiger partial charge on any atom is -0.324 e. The van der Waals surface area contributed by atoms with E-state index in [-0.39, 0.29) is 5.82 Å². The van der Waals surface area contributed by atoms with Crippen LogP contribution in [-0.4, -0.2) is 20.9 Å². The first kappa shape index (κ1) is 19.0. The normalized spacial score (nSPS) is 11.0. The maximum atomic E-state index is 12.7. The lowest BCUT2D eigenvalue weighted by atomic mass is 10.1. The van der Waals surface area contributed by atoms with Gasteiger partial charge in [0.15, 0.2) is 0 Å². The summed E-state index contributed by atoms with van der Waals surface area (Å²) in [6.07, 6.45) is 0.388. The zero-order valence-corrected chi connectivity index (χ0v) is 14.4. The van der Waals surface area contributed by atoms with Crippen LogP contribution in [0.25, 0.3) is 11.3 Å². The predicted molar refractivity (Wildman–Crippen MR) is 98.8 cm³/mol. The van der Waals surface area contributed by atoms with E-state index in [4.69, 9.17) is 0 Å². The Labute approximate surface area is 158 Å². The van der Waals surface area contributed by atoms with Crippen LogP contribution in [0.4, 0.5) is 30.5 Å². The number of alkyl halides is 3. The minimum absolute atomic E-state index is 0.181. The third kappa shape index (κ3) is 4.50. The third-order valence-electron chi connectivity index (χ3n) is 3.62. The van der Waals surface area contributed by atoms with Crippen LogP contribution < -0.4 is 10.6 Å². The Morgan fingerprint density at radius 1 is 1.07 bits per heavy atom. The smallest absolute Gasteiger partial charge is 0.324 e. The maximum absolute atomic E-state index is 12.7. The van der Waals surface area contributed by atoms with Gasteiger partial charge in [-0.05, 0) is 36.4 Å². The van der Waals surface area contributed by atoms with Crippen LogP contribution in [0, 0.1) is 0 Å². The highest BCUT2D eigenvalue weighted by molar-refractivity contribution is 5.99. The van der Waals surface area contributed by atoms with E-state index >= 15 is 0 Å². The Kier molecular flexibility index (Phi) is 5.35. The molecule has 0 aliphatic heterocycles. The van der Waals surface area contributed by atoms with Gasteiger partial charge in [-0.15, -0.1) is 0 Å². The molecular weight excluding hydrogens is 371 g/mol. The second-order valence-electron chi connectivity index (χ2n) is 5.58. The number of halogens is 3. The van der Waals surface area contributed by atoms with Gasteiger partial charge in [0.25, 0.3) is 0 Å². The summed E-state index contributed by atoms with van der Waals surface area (Å²) in [6, 6.07) is 9.03. The number of carbonyl (C=O) groups is 1. The number of aromatic nitrogens is 3. The van der Waals surface area contributed by atoms with Crippen LogP contribution in [-0.2, 0) is 11.0 Å². The number of carbonyl (C=O) groups excluding carboxylic acids is 1. The molecule has 1 amide bonds. The van der Waals surface area contributed by atoms with Crippen molar-refractivity contribution in [1.29, 1.82) is 0 Å². The summed E-state index contributed by atoms with van der Waals surface area (Å²) in [4.78, 5) is 23.8. The van der Waals surface area contributed by atoms with E-state index < -0.39 is 17.6 Å². The molecule has 3 heterocycles. The predicted octanol–water partition coefficient (Wildman–Crippen LogP) is 4.43. The summed E-state index contributed by atoms with van der Waals surface area (Å²) in [5.74, 6) is 0.0991. The Morgan fingerprint density at radius 2 is 1.89 bits per heavy atom. The lowest BCUT2D eigenvalue weighted by molar-refractivity contribution is -0.137. The van der Waals surface area contributed by atoms with E-state index in [1.54, 1.807) is 30.5 Å². The van der Waals surface area contributed by atoms with Gasteiger partial charge in [-0.1, -0.05) is 12.6 Å². The van der Waals surface area contributed by atoms with Crippen LogP contribution in [0.15, 0.2) is 67.6 Å². The average molecular weight is 385 g/mol. The quantitative estimate of drug-likeness (QED) is 0.636. The molecule has 3 rings (SSSR count). The molecule has 2 N–H and O–H groups in total. The van der Waals surface area contributed by atoms with Gasteiger partial charge < -0.3 is 10.6 Å². The van der Waals surface area contributed by atoms with Gasteiger partial charge in [0.1, 0.15) is 11.6 Å². The van der Waals surface area contributed by atoms with Crippen LogP contribution in [0.3, 0.4) is 0 Å². The van der Waals surface area contributed by atoms with Crippen molar-refractivity contribution in [3.05, 3.63) is 73.2 Å². The number of rotatable bonds is 5. The summed E-state index contributed by atoms with van der Waals surface area (Å²) < 4.78 is 38.1. The lowest BCUT2D eigenvalue weighted by Gasteiger charge is -2.13. The molecule has 0 spiro atoms. The molecule has 3 aromatic heterocycles. The van der Waals surface area contributed by atoms with E-state index in [0.717, 1.165) is 18.3 Å². The van der Waals surface area contributed by atoms with E-state index in [0.29, 0.717) is 22.8 Å². The van der Waals surface area contributed by atoms with Crippen molar-refractivity contribution < 1.29 is 18.0 Å². The van der Waals surface area contributed by atoms with Gasteiger partial charge in [0.2, 0.25) is 5.91 Å². The number of hydrogen-bond donors (Lipinski definition) is 2. The molecule has 0 radical (unpaired) electrons. The Balaban J connectivity index is 1.95. The molecule has 0 aliphatic carbocycles. The van der Waals surface area contributed by atoms with E-state index in [1.165, 1.54) is 12.3 Å². The van der Waals surface area contributed by atoms with Gasteiger partial charge in [-0.25, -0.2) is 9.97 Å². The first-order valence-corrected chi connectivity index (χ1v) is 8.02. The van der Waals surface area contributed by atoms with E-state index in [1.807, 2.05) is 0 Å². The summed E-state index contributed by atoms with van der Waals surface area (Å²) >= 11 is 0. The molecule has 142 valence electrons. The molecule has 0 saturated heterocycles. The highest BCUT2D eigenvalue weighted by Crippen LogP contribution is 2.31. The molecule has 28 heavy (non-hydrogen) atoms. The van der Waals surface area contributed by atoms with Gasteiger partial charge in [-0.2, -0.15) is 13.2 Å². The van der Waals surface area contributed by atoms with Gasteiger partial charge in [0.05, 0.1) is 23.1 Å². The number of nitrogens with one attached hydrogen (secondary N) is 2. The van der Waals surface area contributed by atoms with Crippen LogP contribution in [0.2, 0.25) is 0 Å². The van der Waals surface area contributed by atoms with Crippen molar-refractivity contribution in [1.82, 2.24) is 15.0 Å². The van der Waals surface area contributed by atoms with Gasteiger partial charge >= 0.3 is 6.18 Å². The number of nitrogens with zero attached hydrogens (tertiary/aromatic N) is 3. The van der Waals surface area contributed by atoms with Crippen molar-refractivity contribution in [3.63, 3.8) is 0 Å². The number of hydrogen-bond acceptors (Lipinski definition) is 5. The Morgan fingerprint density at radius 3 is 2.50 bits per heavy atom. The number of anilines is 3. The number of pyridine rings is 3. The number of amides is 1. The monoisotopic (exact) mass is 385 g/mol. The standard InChI is InChI=1S/C19H14F3N5O/c1-2-17(28)26-13-9-14(15-5-3-4-8-23-15)18(25-11-13)27-16-7-6-12(10-24-16)19(20,21)22/h2-11H,1H2,(H,26,28)(H,24,25,27). The SMILES string of the molecule is C=CC(=O)Nc1cnc(Nc2ccc(C(F)(F)F)cn2)c(-c2ccccn2)c1. The highest BCUT2D eigenvalue weighted by atomic mass is 19.4. The second-order valence-corrected chi connectivity index (χ2v) is 5.58. The first-order valence-electron chi connectivity index (χ1n) is 8.02. The zero-order chi connectivity index (χ0) is 20.1. The lowest BCUT2D eigenvalue weighted by Crippen LogP contribution is -2.09. The minimum atomic E-state index is -4.46. The average Bonchev–Trinajstić information content (AvgIpc) is 2.69.